The maximum Gasteiger partial charge on any atom is 0.325 e. The number of rotatable bonds is 6. The zero-order valence-corrected chi connectivity index (χ0v) is 19.3. The fourth-order valence-electron chi connectivity index (χ4n) is 4.60. The van der Waals surface area contributed by atoms with Crippen LogP contribution in [0.4, 0.5) is 14.9 Å². The van der Waals surface area contributed by atoms with E-state index in [-0.39, 0.29) is 18.2 Å². The van der Waals surface area contributed by atoms with E-state index >= 15 is 0 Å². The summed E-state index contributed by atoms with van der Waals surface area (Å²) in [6.45, 7) is 2.87. The number of hydrogen-bond acceptors (Lipinski definition) is 5. The Kier molecular flexibility index (Phi) is 6.14. The third-order valence-electron chi connectivity index (χ3n) is 6.79. The molecule has 2 aromatic carbocycles. The maximum absolute atomic E-state index is 13.3. The second-order valence-corrected chi connectivity index (χ2v) is 8.89. The Balaban J connectivity index is 1.44. The molecule has 0 aromatic heterocycles. The minimum atomic E-state index is -1.41. The van der Waals surface area contributed by atoms with E-state index in [4.69, 9.17) is 0 Å². The number of anilines is 1. The van der Waals surface area contributed by atoms with Crippen molar-refractivity contribution < 1.29 is 28.4 Å². The number of hydrogen-bond donors (Lipinski definition) is 3. The topological polar surface area (TPSA) is 125 Å². The van der Waals surface area contributed by atoms with Gasteiger partial charge in [0.25, 0.3) is 5.91 Å². The Hall–Kier alpha value is -4.08. The Bertz CT molecular complexity index is 1210. The summed E-state index contributed by atoms with van der Waals surface area (Å²) >= 11 is 0. The van der Waals surface area contributed by atoms with E-state index in [0.29, 0.717) is 24.1 Å². The highest BCUT2D eigenvalue weighted by Gasteiger charge is 2.49. The molecule has 0 aliphatic carbocycles. The summed E-state index contributed by atoms with van der Waals surface area (Å²) in [6, 6.07) is 11.2. The van der Waals surface area contributed by atoms with Gasteiger partial charge < -0.3 is 10.6 Å². The van der Waals surface area contributed by atoms with Crippen LogP contribution in [0.2, 0.25) is 0 Å². The van der Waals surface area contributed by atoms with Crippen LogP contribution < -0.4 is 16.0 Å². The van der Waals surface area contributed by atoms with Gasteiger partial charge in [-0.3, -0.25) is 29.4 Å². The zero-order chi connectivity index (χ0) is 25.4. The van der Waals surface area contributed by atoms with Gasteiger partial charge in [0.05, 0.1) is 5.41 Å². The molecule has 10 heteroatoms. The molecule has 0 bridgehead atoms. The van der Waals surface area contributed by atoms with Gasteiger partial charge in [0.15, 0.2) is 0 Å². The lowest BCUT2D eigenvalue weighted by atomic mass is 9.72. The van der Waals surface area contributed by atoms with Gasteiger partial charge in [0.2, 0.25) is 17.7 Å². The Morgan fingerprint density at radius 2 is 1.66 bits per heavy atom. The van der Waals surface area contributed by atoms with Gasteiger partial charge in [-0.2, -0.15) is 0 Å². The predicted molar refractivity (Wildman–Crippen MR) is 123 cm³/mol. The highest BCUT2D eigenvalue weighted by Crippen LogP contribution is 2.36. The first-order valence-electron chi connectivity index (χ1n) is 11.2. The van der Waals surface area contributed by atoms with Crippen molar-refractivity contribution in [1.82, 2.24) is 15.5 Å². The summed E-state index contributed by atoms with van der Waals surface area (Å²) in [4.78, 5) is 62.9. The van der Waals surface area contributed by atoms with Crippen molar-refractivity contribution in [2.24, 2.45) is 0 Å². The second-order valence-electron chi connectivity index (χ2n) is 8.89. The summed E-state index contributed by atoms with van der Waals surface area (Å²) in [7, 11) is 0. The molecule has 4 rings (SSSR count). The minimum Gasteiger partial charge on any atom is -0.325 e. The molecule has 3 N–H and O–H groups in total. The molecule has 2 aliphatic heterocycles. The molecule has 2 aromatic rings. The van der Waals surface area contributed by atoms with Crippen LogP contribution >= 0.6 is 0 Å². The van der Waals surface area contributed by atoms with Gasteiger partial charge in [-0.1, -0.05) is 31.2 Å². The first-order chi connectivity index (χ1) is 16.6. The van der Waals surface area contributed by atoms with Crippen LogP contribution in [-0.2, 0) is 30.1 Å². The van der Waals surface area contributed by atoms with Gasteiger partial charge >= 0.3 is 6.03 Å². The minimum absolute atomic E-state index is 0.251. The van der Waals surface area contributed by atoms with E-state index < -0.39 is 41.2 Å². The molecular formula is C25H25FN4O5. The van der Waals surface area contributed by atoms with Crippen LogP contribution in [0.25, 0.3) is 0 Å². The fraction of sp³-hybridized carbons (Fsp3) is 0.320. The molecule has 2 fully saturated rings. The fourth-order valence-corrected chi connectivity index (χ4v) is 4.60. The number of nitrogens with zero attached hydrogens (tertiary/aromatic N) is 1. The highest BCUT2D eigenvalue weighted by molar-refractivity contribution is 6.10. The van der Waals surface area contributed by atoms with Crippen molar-refractivity contribution in [2.75, 3.05) is 11.9 Å². The third-order valence-corrected chi connectivity index (χ3v) is 6.79. The molecular weight excluding hydrogens is 455 g/mol. The second kappa shape index (κ2) is 8.94. The van der Waals surface area contributed by atoms with E-state index in [1.807, 2.05) is 6.92 Å². The Morgan fingerprint density at radius 3 is 2.26 bits per heavy atom. The molecule has 0 radical (unpaired) electrons. The molecule has 2 aliphatic rings. The van der Waals surface area contributed by atoms with Gasteiger partial charge in [0.1, 0.15) is 17.9 Å². The Labute approximate surface area is 201 Å². The average Bonchev–Trinajstić information content (AvgIpc) is 3.04. The van der Waals surface area contributed by atoms with Crippen molar-refractivity contribution in [1.29, 1.82) is 0 Å². The molecule has 0 spiro atoms. The van der Waals surface area contributed by atoms with Crippen molar-refractivity contribution in [3.63, 3.8) is 0 Å². The summed E-state index contributed by atoms with van der Waals surface area (Å²) in [6.07, 6.45) is 1.16. The molecule has 35 heavy (non-hydrogen) atoms. The summed E-state index contributed by atoms with van der Waals surface area (Å²) in [5.41, 5.74) is -0.684. The molecule has 6 amide bonds. The lowest BCUT2D eigenvalue weighted by Gasteiger charge is -2.35. The van der Waals surface area contributed by atoms with Crippen LogP contribution in [0.3, 0.4) is 0 Å². The number of imide groups is 2. The van der Waals surface area contributed by atoms with Crippen LogP contribution in [0, 0.1) is 5.82 Å². The van der Waals surface area contributed by atoms with Crippen molar-refractivity contribution in [3.05, 3.63) is 65.5 Å². The molecule has 182 valence electrons. The van der Waals surface area contributed by atoms with E-state index in [9.17, 15) is 28.4 Å². The average molecular weight is 480 g/mol. The third kappa shape index (κ3) is 4.27. The van der Waals surface area contributed by atoms with Crippen molar-refractivity contribution in [3.8, 4) is 0 Å². The molecule has 9 nitrogen and oxygen atoms in total. The molecule has 2 unspecified atom stereocenters. The summed E-state index contributed by atoms with van der Waals surface area (Å²) in [5, 5.41) is 7.61. The number of urea groups is 1. The lowest BCUT2D eigenvalue weighted by molar-refractivity contribution is -0.138. The van der Waals surface area contributed by atoms with Crippen LogP contribution in [0.5, 0.6) is 0 Å². The zero-order valence-electron chi connectivity index (χ0n) is 19.3. The summed E-state index contributed by atoms with van der Waals surface area (Å²) in [5.74, 6) is -2.31. The van der Waals surface area contributed by atoms with Gasteiger partial charge in [-0.05, 0) is 55.2 Å². The molecule has 2 heterocycles. The number of halogens is 1. The molecule has 2 saturated heterocycles. The number of carbonyl (C=O) groups is 5. The normalized spacial score (nSPS) is 24.3. The quantitative estimate of drug-likeness (QED) is 0.432. The molecule has 0 saturated carbocycles. The van der Waals surface area contributed by atoms with Gasteiger partial charge in [0, 0.05) is 12.1 Å². The standard InChI is InChI=1S/C25H25FN4O5/c1-3-25(13-12-19(31)28-21(25)33)16-6-10-18(11-7-16)27-20(32)14-30-22(34)24(2,29-23(30)35)15-4-8-17(26)9-5-15/h4-11H,3,12-14H2,1-2H3,(H,27,32)(H,29,35)(H,28,31,33). The first kappa shape index (κ1) is 24.1. The van der Waals surface area contributed by atoms with Crippen molar-refractivity contribution >= 4 is 35.3 Å². The smallest absolute Gasteiger partial charge is 0.325 e. The maximum atomic E-state index is 13.3. The van der Waals surface area contributed by atoms with Crippen LogP contribution in [0.15, 0.2) is 48.5 Å². The monoisotopic (exact) mass is 480 g/mol. The first-order valence-corrected chi connectivity index (χ1v) is 11.2. The number of benzene rings is 2. The largest absolute Gasteiger partial charge is 0.325 e. The summed E-state index contributed by atoms with van der Waals surface area (Å²) < 4.78 is 13.3. The number of piperidine rings is 1. The van der Waals surface area contributed by atoms with E-state index in [1.165, 1.54) is 31.2 Å². The van der Waals surface area contributed by atoms with Gasteiger partial charge in [-0.25, -0.2) is 9.18 Å². The Morgan fingerprint density at radius 1 is 1.03 bits per heavy atom. The highest BCUT2D eigenvalue weighted by atomic mass is 19.1. The SMILES string of the molecule is CCC1(c2ccc(NC(=O)CN3C(=O)NC(C)(c4ccc(F)cc4)C3=O)cc2)CCC(=O)NC1=O. The van der Waals surface area contributed by atoms with E-state index in [1.54, 1.807) is 24.3 Å². The molecule has 2 atom stereocenters. The van der Waals surface area contributed by atoms with E-state index in [2.05, 4.69) is 16.0 Å². The van der Waals surface area contributed by atoms with Crippen LogP contribution in [0.1, 0.15) is 44.2 Å². The number of nitrogens with one attached hydrogen (secondary N) is 3. The van der Waals surface area contributed by atoms with E-state index in [0.717, 1.165) is 10.5 Å². The van der Waals surface area contributed by atoms with Gasteiger partial charge in [-0.15, -0.1) is 0 Å². The number of carbonyl (C=O) groups excluding carboxylic acids is 5. The number of amides is 6. The van der Waals surface area contributed by atoms with Crippen LogP contribution in [-0.4, -0.2) is 41.1 Å². The lowest BCUT2D eigenvalue weighted by Crippen LogP contribution is -2.51. The van der Waals surface area contributed by atoms with Crippen molar-refractivity contribution in [2.45, 2.75) is 44.1 Å². The predicted octanol–water partition coefficient (Wildman–Crippen LogP) is 2.32.